The van der Waals surface area contributed by atoms with E-state index in [2.05, 4.69) is 0 Å². The Morgan fingerprint density at radius 2 is 1.44 bits per heavy atom. The van der Waals surface area contributed by atoms with Crippen molar-refractivity contribution in [2.75, 3.05) is 13.2 Å². The Kier molecular flexibility index (Phi) is 11.5. The number of hydrogen-bond acceptors (Lipinski definition) is 19. The van der Waals surface area contributed by atoms with E-state index in [0.29, 0.717) is 5.56 Å². The van der Waals surface area contributed by atoms with Crippen LogP contribution < -0.4 is 10.2 Å². The number of esters is 1. The van der Waals surface area contributed by atoms with E-state index in [1.807, 2.05) is 0 Å². The van der Waals surface area contributed by atoms with Gasteiger partial charge in [0.05, 0.1) is 6.61 Å². The molecule has 2 aliphatic heterocycles. The number of ether oxygens (including phenoxy) is 5. The van der Waals surface area contributed by atoms with Crippen LogP contribution in [0, 0.1) is 0 Å². The van der Waals surface area contributed by atoms with Gasteiger partial charge in [-0.25, -0.2) is 4.79 Å². The molecule has 0 aliphatic carbocycles. The Bertz CT molecular complexity index is 2100. The summed E-state index contributed by atoms with van der Waals surface area (Å²) in [7, 11) is 0. The summed E-state index contributed by atoms with van der Waals surface area (Å²) in [6, 6.07) is 11.3. The molecule has 0 saturated carbocycles. The second-order valence-electron chi connectivity index (χ2n) is 12.6. The lowest BCUT2D eigenvalue weighted by Gasteiger charge is -2.45. The number of aliphatic hydroxyl groups excluding tert-OH is 6. The molecule has 1 aromatic heterocycles. The first kappa shape index (κ1) is 39.2. The van der Waals surface area contributed by atoms with E-state index >= 15 is 0 Å². The van der Waals surface area contributed by atoms with Crippen molar-refractivity contribution >= 4 is 23.0 Å². The smallest absolute Gasteiger partial charge is 0.330 e. The van der Waals surface area contributed by atoms with E-state index in [0.717, 1.165) is 30.3 Å². The molecular weight excluding hydrogens is 736 g/mol. The average molecular weight is 773 g/mol. The molecule has 0 unspecified atom stereocenters. The molecule has 0 spiro atoms. The van der Waals surface area contributed by atoms with Crippen LogP contribution in [0.2, 0.25) is 0 Å². The van der Waals surface area contributed by atoms with Gasteiger partial charge >= 0.3 is 5.97 Å². The van der Waals surface area contributed by atoms with E-state index < -0.39 is 120 Å². The highest BCUT2D eigenvalue weighted by Crippen LogP contribution is 2.43. The molecule has 2 fully saturated rings. The number of phenolic OH excluding ortho intramolecular Hbond substituents is 5. The van der Waals surface area contributed by atoms with Crippen molar-refractivity contribution in [3.05, 3.63) is 76.5 Å². The van der Waals surface area contributed by atoms with E-state index in [1.54, 1.807) is 0 Å². The molecule has 2 aliphatic rings. The van der Waals surface area contributed by atoms with Crippen molar-refractivity contribution in [1.82, 2.24) is 0 Å². The maximum atomic E-state index is 13.0. The van der Waals surface area contributed by atoms with Gasteiger partial charge in [-0.05, 0) is 42.0 Å². The maximum absolute atomic E-state index is 13.0. The predicted molar refractivity (Wildman–Crippen MR) is 183 cm³/mol. The minimum absolute atomic E-state index is 0.0130. The minimum atomic E-state index is -2.03. The first-order valence-corrected chi connectivity index (χ1v) is 16.5. The van der Waals surface area contributed by atoms with Gasteiger partial charge in [-0.1, -0.05) is 12.1 Å². The Labute approximate surface area is 308 Å². The van der Waals surface area contributed by atoms with Gasteiger partial charge in [0.15, 0.2) is 40.8 Å². The molecule has 10 atom stereocenters. The van der Waals surface area contributed by atoms with Gasteiger partial charge < -0.3 is 84.3 Å². The normalized spacial score (nSPS) is 28.3. The van der Waals surface area contributed by atoms with Crippen LogP contribution in [-0.4, -0.2) is 137 Å². The number of rotatable bonds is 10. The Hall–Kier alpha value is -5.48. The molecule has 3 aromatic carbocycles. The third-order valence-corrected chi connectivity index (χ3v) is 8.91. The summed E-state index contributed by atoms with van der Waals surface area (Å²) in [6.45, 7) is -1.55. The SMILES string of the molecule is O=C(C=Cc1ccc(O)cc1)OC[C@H]1O[C@@H](O[C@H]2[C@H](Oc3cc4oc(-c5ccc(O)c(O)c5)cc(=O)c4c(O)c3O)O[C@H](CO)[C@@H](O)[C@@H]2O)[C@H](O)[C@@H](O)[C@@H]1O. The molecule has 19 heteroatoms. The number of benzene rings is 3. The van der Waals surface area contributed by atoms with Crippen molar-refractivity contribution in [3.8, 4) is 45.8 Å². The van der Waals surface area contributed by atoms with Crippen LogP contribution >= 0.6 is 0 Å². The molecule has 3 heterocycles. The fourth-order valence-corrected chi connectivity index (χ4v) is 5.88. The zero-order chi connectivity index (χ0) is 39.7. The number of carbonyl (C=O) groups is 1. The minimum Gasteiger partial charge on any atom is -0.508 e. The molecule has 19 nitrogen and oxygen atoms in total. The highest BCUT2D eigenvalue weighted by atomic mass is 16.8. The van der Waals surface area contributed by atoms with E-state index in [-0.39, 0.29) is 22.7 Å². The lowest BCUT2D eigenvalue weighted by Crippen LogP contribution is -2.65. The van der Waals surface area contributed by atoms with E-state index in [4.69, 9.17) is 28.1 Å². The standard InChI is InChI=1S/C36H36O19/c37-12-23-28(44)32(48)34(55-35-33(49)31(47)29(45)24(54-35)13-50-25(42)8-3-14-1-5-16(38)6-2-14)36(53-23)52-22-11-21-26(30(46)27(22)43)19(41)10-20(51-21)15-4-7-17(39)18(40)9-15/h1-11,23-24,28-29,31-40,43-49H,12-13H2/t23-,24-,28-,29-,31+,32+,33-,34-,35+,36-/m1/s1. The summed E-state index contributed by atoms with van der Waals surface area (Å²) in [6.07, 6.45) is -16.1. The third-order valence-electron chi connectivity index (χ3n) is 8.91. The maximum Gasteiger partial charge on any atom is 0.330 e. The van der Waals surface area contributed by atoms with Crippen molar-refractivity contribution in [3.63, 3.8) is 0 Å². The molecule has 0 radical (unpaired) electrons. The van der Waals surface area contributed by atoms with Crippen molar-refractivity contribution in [2.24, 2.45) is 0 Å². The van der Waals surface area contributed by atoms with Gasteiger partial charge in [-0.2, -0.15) is 0 Å². The number of fused-ring (bicyclic) bond motifs is 1. The van der Waals surface area contributed by atoms with Crippen LogP contribution in [0.25, 0.3) is 28.4 Å². The number of aliphatic hydroxyl groups is 6. The van der Waals surface area contributed by atoms with Crippen LogP contribution in [0.3, 0.4) is 0 Å². The Morgan fingerprint density at radius 3 is 2.13 bits per heavy atom. The molecule has 11 N–H and O–H groups in total. The lowest BCUT2D eigenvalue weighted by molar-refractivity contribution is -0.358. The zero-order valence-corrected chi connectivity index (χ0v) is 28.2. The second kappa shape index (κ2) is 16.1. The van der Waals surface area contributed by atoms with Crippen LogP contribution in [-0.2, 0) is 23.7 Å². The van der Waals surface area contributed by atoms with E-state index in [9.17, 15) is 65.8 Å². The van der Waals surface area contributed by atoms with Gasteiger partial charge in [0.25, 0.3) is 0 Å². The fraction of sp³-hybridized carbons (Fsp3) is 0.333. The largest absolute Gasteiger partial charge is 0.508 e. The second-order valence-corrected chi connectivity index (χ2v) is 12.6. The zero-order valence-electron chi connectivity index (χ0n) is 28.2. The molecule has 55 heavy (non-hydrogen) atoms. The van der Waals surface area contributed by atoms with Crippen LogP contribution in [0.1, 0.15) is 5.56 Å². The summed E-state index contributed by atoms with van der Waals surface area (Å²) in [5.74, 6) is -4.68. The number of hydrogen-bond donors (Lipinski definition) is 11. The molecule has 0 bridgehead atoms. The lowest BCUT2D eigenvalue weighted by atomic mass is 9.97. The quantitative estimate of drug-likeness (QED) is 0.0537. The van der Waals surface area contributed by atoms with Gasteiger partial charge in [0, 0.05) is 23.8 Å². The summed E-state index contributed by atoms with van der Waals surface area (Å²) in [5.41, 5.74) is -0.530. The monoisotopic (exact) mass is 772 g/mol. The van der Waals surface area contributed by atoms with Crippen molar-refractivity contribution in [1.29, 1.82) is 0 Å². The number of aromatic hydroxyl groups is 5. The highest BCUT2D eigenvalue weighted by Gasteiger charge is 2.52. The Morgan fingerprint density at radius 1 is 0.745 bits per heavy atom. The first-order chi connectivity index (χ1) is 26.2. The highest BCUT2D eigenvalue weighted by molar-refractivity contribution is 5.89. The van der Waals surface area contributed by atoms with Crippen LogP contribution in [0.15, 0.2) is 69.9 Å². The molecule has 2 saturated heterocycles. The summed E-state index contributed by atoms with van der Waals surface area (Å²) in [4.78, 5) is 25.4. The predicted octanol–water partition coefficient (Wildman–Crippen LogP) is -0.745. The summed E-state index contributed by atoms with van der Waals surface area (Å²) in [5, 5.41) is 114. The van der Waals surface area contributed by atoms with Gasteiger partial charge in [-0.15, -0.1) is 0 Å². The Balaban J connectivity index is 1.24. The summed E-state index contributed by atoms with van der Waals surface area (Å²) < 4.78 is 33.5. The van der Waals surface area contributed by atoms with Crippen LogP contribution in [0.4, 0.5) is 0 Å². The van der Waals surface area contributed by atoms with Gasteiger partial charge in [0.2, 0.25) is 12.0 Å². The fourth-order valence-electron chi connectivity index (χ4n) is 5.88. The third kappa shape index (κ3) is 8.15. The molecule has 294 valence electrons. The first-order valence-electron chi connectivity index (χ1n) is 16.5. The number of phenols is 5. The van der Waals surface area contributed by atoms with Crippen molar-refractivity contribution in [2.45, 2.75) is 61.4 Å². The van der Waals surface area contributed by atoms with E-state index in [1.165, 1.54) is 36.4 Å². The van der Waals surface area contributed by atoms with Crippen LogP contribution in [0.5, 0.6) is 34.5 Å². The molecule has 6 rings (SSSR count). The van der Waals surface area contributed by atoms with Gasteiger partial charge in [-0.3, -0.25) is 4.79 Å². The topological polar surface area (TPSA) is 316 Å². The average Bonchev–Trinajstić information content (AvgIpc) is 3.16. The molecular formula is C36H36O19. The molecule has 4 aromatic rings. The number of carbonyl (C=O) groups excluding carboxylic acids is 1. The van der Waals surface area contributed by atoms with Gasteiger partial charge in [0.1, 0.15) is 71.8 Å². The summed E-state index contributed by atoms with van der Waals surface area (Å²) >= 11 is 0. The van der Waals surface area contributed by atoms with Crippen molar-refractivity contribution < 1.29 is 89.1 Å². The molecule has 0 amide bonds.